The summed E-state index contributed by atoms with van der Waals surface area (Å²) < 4.78 is 7.78. The third kappa shape index (κ3) is 2.06. The van der Waals surface area contributed by atoms with E-state index in [0.717, 1.165) is 45.0 Å². The second-order valence-corrected chi connectivity index (χ2v) is 5.63. The summed E-state index contributed by atoms with van der Waals surface area (Å²) in [5.41, 5.74) is 0. The van der Waals surface area contributed by atoms with Crippen LogP contribution in [0.5, 0.6) is 0 Å². The highest BCUT2D eigenvalue weighted by atomic mass is 16.5. The number of nitrogens with one attached hydrogen (secondary N) is 1. The van der Waals surface area contributed by atoms with Crippen molar-refractivity contribution in [3.8, 4) is 0 Å². The molecule has 0 aromatic carbocycles. The van der Waals surface area contributed by atoms with Gasteiger partial charge < -0.3 is 14.6 Å². The molecule has 2 aliphatic rings. The highest BCUT2D eigenvalue weighted by Crippen LogP contribution is 2.30. The van der Waals surface area contributed by atoms with Gasteiger partial charge in [0.05, 0.1) is 6.04 Å². The number of rotatable bonds is 2. The van der Waals surface area contributed by atoms with Crippen LogP contribution in [0.25, 0.3) is 0 Å². The highest BCUT2D eigenvalue weighted by Gasteiger charge is 2.30. The Bertz CT molecular complexity index is 409. The van der Waals surface area contributed by atoms with Gasteiger partial charge in [-0.2, -0.15) is 0 Å². The molecule has 0 amide bonds. The Labute approximate surface area is 108 Å². The fourth-order valence-corrected chi connectivity index (χ4v) is 3.00. The lowest BCUT2D eigenvalue weighted by Crippen LogP contribution is -2.37. The van der Waals surface area contributed by atoms with E-state index in [1.165, 1.54) is 5.82 Å². The molecule has 0 aliphatic carbocycles. The second-order valence-electron chi connectivity index (χ2n) is 5.63. The Balaban J connectivity index is 1.89. The summed E-state index contributed by atoms with van der Waals surface area (Å²) in [4.78, 5) is 0. The Morgan fingerprint density at radius 3 is 2.67 bits per heavy atom. The van der Waals surface area contributed by atoms with Crippen molar-refractivity contribution >= 4 is 0 Å². The van der Waals surface area contributed by atoms with Crippen LogP contribution in [0.15, 0.2) is 0 Å². The molecule has 2 aliphatic heterocycles. The van der Waals surface area contributed by atoms with E-state index in [4.69, 9.17) is 4.74 Å². The van der Waals surface area contributed by atoms with Gasteiger partial charge >= 0.3 is 0 Å². The molecule has 3 rings (SSSR count). The SMILES string of the molecule is CC(C)C1NCCn2c(C3CCOCC3)nnc21. The van der Waals surface area contributed by atoms with Crippen molar-refractivity contribution in [1.29, 1.82) is 0 Å². The van der Waals surface area contributed by atoms with E-state index in [9.17, 15) is 0 Å². The summed E-state index contributed by atoms with van der Waals surface area (Å²) in [7, 11) is 0. The summed E-state index contributed by atoms with van der Waals surface area (Å²) in [6, 6.07) is 0.347. The molecule has 5 heteroatoms. The van der Waals surface area contributed by atoms with Crippen molar-refractivity contribution in [2.75, 3.05) is 19.8 Å². The van der Waals surface area contributed by atoms with Crippen LogP contribution in [0.3, 0.4) is 0 Å². The van der Waals surface area contributed by atoms with Gasteiger partial charge in [-0.25, -0.2) is 0 Å². The van der Waals surface area contributed by atoms with Gasteiger partial charge in [0.25, 0.3) is 0 Å². The van der Waals surface area contributed by atoms with Crippen LogP contribution in [0.4, 0.5) is 0 Å². The first kappa shape index (κ1) is 12.1. The van der Waals surface area contributed by atoms with E-state index >= 15 is 0 Å². The molecule has 0 spiro atoms. The molecular formula is C13H22N4O. The number of aromatic nitrogens is 3. The molecule has 1 fully saturated rings. The lowest BCUT2D eigenvalue weighted by atomic mass is 9.98. The minimum absolute atomic E-state index is 0.347. The predicted molar refractivity (Wildman–Crippen MR) is 68.4 cm³/mol. The first-order chi connectivity index (χ1) is 8.77. The molecule has 1 aromatic heterocycles. The first-order valence-electron chi connectivity index (χ1n) is 7.01. The van der Waals surface area contributed by atoms with E-state index < -0.39 is 0 Å². The standard InChI is InChI=1S/C13H22N4O/c1-9(2)11-13-16-15-12(17(13)6-5-14-11)10-3-7-18-8-4-10/h9-11,14H,3-8H2,1-2H3. The maximum Gasteiger partial charge on any atom is 0.150 e. The summed E-state index contributed by atoms with van der Waals surface area (Å²) in [5, 5.41) is 12.5. The zero-order chi connectivity index (χ0) is 12.5. The van der Waals surface area contributed by atoms with E-state index in [0.29, 0.717) is 17.9 Å². The van der Waals surface area contributed by atoms with Gasteiger partial charge in [0.15, 0.2) is 5.82 Å². The zero-order valence-corrected chi connectivity index (χ0v) is 11.2. The van der Waals surface area contributed by atoms with Gasteiger partial charge in [-0.05, 0) is 18.8 Å². The van der Waals surface area contributed by atoms with Gasteiger partial charge in [0.2, 0.25) is 0 Å². The maximum absolute atomic E-state index is 5.43. The molecule has 0 bridgehead atoms. The molecule has 0 radical (unpaired) electrons. The van der Waals surface area contributed by atoms with Crippen molar-refractivity contribution in [2.45, 2.75) is 45.2 Å². The van der Waals surface area contributed by atoms with Gasteiger partial charge in [0.1, 0.15) is 5.82 Å². The number of fused-ring (bicyclic) bond motifs is 1. The molecule has 1 atom stereocenters. The van der Waals surface area contributed by atoms with Gasteiger partial charge in [-0.3, -0.25) is 0 Å². The zero-order valence-electron chi connectivity index (χ0n) is 11.2. The minimum Gasteiger partial charge on any atom is -0.381 e. The summed E-state index contributed by atoms with van der Waals surface area (Å²) in [6.45, 7) is 8.20. The minimum atomic E-state index is 0.347. The van der Waals surface area contributed by atoms with Gasteiger partial charge in [-0.1, -0.05) is 13.8 Å². The largest absolute Gasteiger partial charge is 0.381 e. The molecule has 1 saturated heterocycles. The molecular weight excluding hydrogens is 228 g/mol. The van der Waals surface area contributed by atoms with Crippen molar-refractivity contribution in [2.24, 2.45) is 5.92 Å². The lowest BCUT2D eigenvalue weighted by Gasteiger charge is -2.29. The molecule has 18 heavy (non-hydrogen) atoms. The summed E-state index contributed by atoms with van der Waals surface area (Å²) in [5.74, 6) is 3.39. The van der Waals surface area contributed by atoms with Crippen LogP contribution in [0.2, 0.25) is 0 Å². The molecule has 3 heterocycles. The Kier molecular flexibility index (Phi) is 3.35. The first-order valence-corrected chi connectivity index (χ1v) is 7.01. The Morgan fingerprint density at radius 2 is 1.94 bits per heavy atom. The van der Waals surface area contributed by atoms with Crippen molar-refractivity contribution in [3.05, 3.63) is 11.6 Å². The molecule has 0 saturated carbocycles. The van der Waals surface area contributed by atoms with Crippen molar-refractivity contribution < 1.29 is 4.74 Å². The Morgan fingerprint density at radius 1 is 1.22 bits per heavy atom. The predicted octanol–water partition coefficient (Wildman–Crippen LogP) is 1.47. The van der Waals surface area contributed by atoms with Crippen LogP contribution in [0.1, 0.15) is 50.3 Å². The third-order valence-corrected chi connectivity index (χ3v) is 4.04. The van der Waals surface area contributed by atoms with E-state index in [1.54, 1.807) is 0 Å². The monoisotopic (exact) mass is 250 g/mol. The molecule has 1 N–H and O–H groups in total. The summed E-state index contributed by atoms with van der Waals surface area (Å²) >= 11 is 0. The maximum atomic E-state index is 5.43. The second kappa shape index (κ2) is 4.97. The fraction of sp³-hybridized carbons (Fsp3) is 0.846. The van der Waals surface area contributed by atoms with Crippen LogP contribution in [0, 0.1) is 5.92 Å². The number of nitrogens with zero attached hydrogens (tertiary/aromatic N) is 3. The smallest absolute Gasteiger partial charge is 0.150 e. The molecule has 1 aromatic rings. The number of hydrogen-bond donors (Lipinski definition) is 1. The van der Waals surface area contributed by atoms with Crippen LogP contribution in [-0.2, 0) is 11.3 Å². The lowest BCUT2D eigenvalue weighted by molar-refractivity contribution is 0.0825. The van der Waals surface area contributed by atoms with Crippen LogP contribution < -0.4 is 5.32 Å². The average Bonchev–Trinajstić information content (AvgIpc) is 2.83. The molecule has 5 nitrogen and oxygen atoms in total. The van der Waals surface area contributed by atoms with Gasteiger partial charge in [-0.15, -0.1) is 10.2 Å². The topological polar surface area (TPSA) is 52.0 Å². The fourth-order valence-electron chi connectivity index (χ4n) is 3.00. The van der Waals surface area contributed by atoms with Crippen LogP contribution >= 0.6 is 0 Å². The normalized spacial score (nSPS) is 25.4. The van der Waals surface area contributed by atoms with Gasteiger partial charge in [0, 0.05) is 32.2 Å². The highest BCUT2D eigenvalue weighted by molar-refractivity contribution is 5.09. The molecule has 100 valence electrons. The third-order valence-electron chi connectivity index (χ3n) is 4.04. The Hall–Kier alpha value is -0.940. The summed E-state index contributed by atoms with van der Waals surface area (Å²) in [6.07, 6.45) is 2.16. The van der Waals surface area contributed by atoms with E-state index in [1.807, 2.05) is 0 Å². The van der Waals surface area contributed by atoms with E-state index in [2.05, 4.69) is 33.9 Å². The van der Waals surface area contributed by atoms with Crippen molar-refractivity contribution in [1.82, 2.24) is 20.1 Å². The van der Waals surface area contributed by atoms with E-state index in [-0.39, 0.29) is 0 Å². The van der Waals surface area contributed by atoms with Crippen molar-refractivity contribution in [3.63, 3.8) is 0 Å². The average molecular weight is 250 g/mol. The molecule has 1 unspecified atom stereocenters. The number of hydrogen-bond acceptors (Lipinski definition) is 4. The quantitative estimate of drug-likeness (QED) is 0.863. The number of ether oxygens (including phenoxy) is 1. The van der Waals surface area contributed by atoms with Crippen LogP contribution in [-0.4, -0.2) is 34.5 Å².